The maximum atomic E-state index is 12.0. The molecule has 0 saturated heterocycles. The van der Waals surface area contributed by atoms with Crippen LogP contribution < -0.4 is 11.1 Å². The Hall–Kier alpha value is -2.33. The van der Waals surface area contributed by atoms with E-state index in [0.29, 0.717) is 18.7 Å². The average Bonchev–Trinajstić information content (AvgIpc) is 2.50. The Balaban J connectivity index is 1.82. The van der Waals surface area contributed by atoms with Gasteiger partial charge < -0.3 is 16.2 Å². The predicted octanol–water partition coefficient (Wildman–Crippen LogP) is 1.87. The second-order valence-electron chi connectivity index (χ2n) is 4.91. The van der Waals surface area contributed by atoms with Gasteiger partial charge in [0.05, 0.1) is 0 Å². The molecule has 0 unspecified atom stereocenters. The number of phenols is 1. The van der Waals surface area contributed by atoms with Crippen molar-refractivity contribution in [2.24, 2.45) is 5.73 Å². The fourth-order valence-electron chi connectivity index (χ4n) is 2.07. The lowest BCUT2D eigenvalue weighted by atomic mass is 10.1. The van der Waals surface area contributed by atoms with Gasteiger partial charge in [-0.25, -0.2) is 0 Å². The topological polar surface area (TPSA) is 75.4 Å². The van der Waals surface area contributed by atoms with Gasteiger partial charge in [0.15, 0.2) is 0 Å². The quantitative estimate of drug-likeness (QED) is 0.758. The number of benzene rings is 2. The molecule has 0 spiro atoms. The Morgan fingerprint density at radius 3 is 2.14 bits per heavy atom. The summed E-state index contributed by atoms with van der Waals surface area (Å²) < 4.78 is 0. The summed E-state index contributed by atoms with van der Waals surface area (Å²) in [5.41, 5.74) is 8.36. The minimum absolute atomic E-state index is 0.0759. The van der Waals surface area contributed by atoms with Crippen molar-refractivity contribution < 1.29 is 9.90 Å². The van der Waals surface area contributed by atoms with Crippen LogP contribution in [0.1, 0.15) is 21.5 Å². The first-order valence-electron chi connectivity index (χ1n) is 7.04. The molecule has 0 radical (unpaired) electrons. The summed E-state index contributed by atoms with van der Waals surface area (Å²) in [6.07, 6.45) is 1.56. The summed E-state index contributed by atoms with van der Waals surface area (Å²) in [6.45, 7) is 1.17. The van der Waals surface area contributed by atoms with Crippen molar-refractivity contribution in [1.29, 1.82) is 0 Å². The number of hydrogen-bond donors (Lipinski definition) is 3. The molecule has 0 aliphatic rings. The molecule has 2 aromatic carbocycles. The smallest absolute Gasteiger partial charge is 0.251 e. The summed E-state index contributed by atoms with van der Waals surface area (Å²) in [5.74, 6) is 0.174. The summed E-state index contributed by atoms with van der Waals surface area (Å²) in [7, 11) is 0. The first kappa shape index (κ1) is 15.1. The molecule has 0 fully saturated rings. The van der Waals surface area contributed by atoms with Gasteiger partial charge in [0, 0.05) is 12.1 Å². The largest absolute Gasteiger partial charge is 0.508 e. The second kappa shape index (κ2) is 7.45. The molecule has 0 aliphatic carbocycles. The zero-order chi connectivity index (χ0) is 15.1. The van der Waals surface area contributed by atoms with E-state index < -0.39 is 0 Å². The SMILES string of the molecule is NCCc1ccc(C(=O)NCCc2ccc(O)cc2)cc1. The fraction of sp³-hybridized carbons (Fsp3) is 0.235. The van der Waals surface area contributed by atoms with Crippen LogP contribution in [-0.2, 0) is 12.8 Å². The van der Waals surface area contributed by atoms with Crippen molar-refractivity contribution in [3.8, 4) is 5.75 Å². The molecule has 0 saturated carbocycles. The van der Waals surface area contributed by atoms with Gasteiger partial charge >= 0.3 is 0 Å². The highest BCUT2D eigenvalue weighted by Gasteiger charge is 2.04. The van der Waals surface area contributed by atoms with Gasteiger partial charge in [0.25, 0.3) is 5.91 Å². The molecule has 1 amide bonds. The van der Waals surface area contributed by atoms with E-state index in [4.69, 9.17) is 5.73 Å². The summed E-state index contributed by atoms with van der Waals surface area (Å²) >= 11 is 0. The number of hydrogen-bond acceptors (Lipinski definition) is 3. The molecule has 0 aromatic heterocycles. The number of carbonyl (C=O) groups is 1. The molecular weight excluding hydrogens is 264 g/mol. The van der Waals surface area contributed by atoms with E-state index in [1.165, 1.54) is 0 Å². The van der Waals surface area contributed by atoms with Crippen LogP contribution in [0.2, 0.25) is 0 Å². The van der Waals surface area contributed by atoms with Crippen LogP contribution in [0.4, 0.5) is 0 Å². The molecule has 2 aromatic rings. The van der Waals surface area contributed by atoms with E-state index in [1.54, 1.807) is 12.1 Å². The number of nitrogens with two attached hydrogens (primary N) is 1. The second-order valence-corrected chi connectivity index (χ2v) is 4.91. The predicted molar refractivity (Wildman–Crippen MR) is 83.3 cm³/mol. The maximum Gasteiger partial charge on any atom is 0.251 e. The van der Waals surface area contributed by atoms with Crippen LogP contribution in [0.25, 0.3) is 0 Å². The number of nitrogens with one attached hydrogen (secondary N) is 1. The number of rotatable bonds is 6. The minimum atomic E-state index is -0.0759. The average molecular weight is 284 g/mol. The van der Waals surface area contributed by atoms with Crippen molar-refractivity contribution in [2.75, 3.05) is 13.1 Å². The molecule has 4 nitrogen and oxygen atoms in total. The molecule has 0 aliphatic heterocycles. The molecule has 4 heteroatoms. The standard InChI is InChI=1S/C17H20N2O2/c18-11-9-13-1-5-15(6-2-13)17(21)19-12-10-14-3-7-16(20)8-4-14/h1-8,20H,9-12,18H2,(H,19,21). The first-order valence-corrected chi connectivity index (χ1v) is 7.04. The fourth-order valence-corrected chi connectivity index (χ4v) is 2.07. The van der Waals surface area contributed by atoms with Crippen LogP contribution >= 0.6 is 0 Å². The van der Waals surface area contributed by atoms with Crippen molar-refractivity contribution in [1.82, 2.24) is 5.32 Å². The van der Waals surface area contributed by atoms with Gasteiger partial charge in [-0.1, -0.05) is 24.3 Å². The summed E-state index contributed by atoms with van der Waals surface area (Å²) in [6, 6.07) is 14.5. The van der Waals surface area contributed by atoms with Crippen LogP contribution in [0.5, 0.6) is 5.75 Å². The number of carbonyl (C=O) groups excluding carboxylic acids is 1. The van der Waals surface area contributed by atoms with Crippen molar-refractivity contribution in [3.05, 3.63) is 65.2 Å². The highest BCUT2D eigenvalue weighted by atomic mass is 16.3. The highest BCUT2D eigenvalue weighted by molar-refractivity contribution is 5.94. The molecule has 0 heterocycles. The highest BCUT2D eigenvalue weighted by Crippen LogP contribution is 2.10. The third-order valence-corrected chi connectivity index (χ3v) is 3.28. The first-order chi connectivity index (χ1) is 10.2. The molecular formula is C17H20N2O2. The number of phenolic OH excluding ortho intramolecular Hbond substituents is 1. The van der Waals surface area contributed by atoms with Crippen LogP contribution in [0.15, 0.2) is 48.5 Å². The summed E-state index contributed by atoms with van der Waals surface area (Å²) in [5, 5.41) is 12.1. The Kier molecular flexibility index (Phi) is 5.35. The Morgan fingerprint density at radius 1 is 0.952 bits per heavy atom. The lowest BCUT2D eigenvalue weighted by Crippen LogP contribution is -2.25. The molecule has 110 valence electrons. The maximum absolute atomic E-state index is 12.0. The van der Waals surface area contributed by atoms with Gasteiger partial charge in [-0.05, 0) is 54.8 Å². The summed E-state index contributed by atoms with van der Waals surface area (Å²) in [4.78, 5) is 12.0. The minimum Gasteiger partial charge on any atom is -0.508 e. The van der Waals surface area contributed by atoms with Gasteiger partial charge in [-0.15, -0.1) is 0 Å². The Morgan fingerprint density at radius 2 is 1.52 bits per heavy atom. The van der Waals surface area contributed by atoms with Crippen LogP contribution in [0.3, 0.4) is 0 Å². The van der Waals surface area contributed by atoms with E-state index in [1.807, 2.05) is 36.4 Å². The third-order valence-electron chi connectivity index (χ3n) is 3.28. The zero-order valence-corrected chi connectivity index (χ0v) is 11.9. The monoisotopic (exact) mass is 284 g/mol. The Bertz CT molecular complexity index is 577. The lowest BCUT2D eigenvalue weighted by molar-refractivity contribution is 0.0954. The normalized spacial score (nSPS) is 10.3. The van der Waals surface area contributed by atoms with Gasteiger partial charge in [0.1, 0.15) is 5.75 Å². The van der Waals surface area contributed by atoms with Gasteiger partial charge in [-0.2, -0.15) is 0 Å². The third kappa shape index (κ3) is 4.61. The van der Waals surface area contributed by atoms with E-state index >= 15 is 0 Å². The molecule has 0 bridgehead atoms. The molecule has 0 atom stereocenters. The van der Waals surface area contributed by atoms with Crippen molar-refractivity contribution >= 4 is 5.91 Å². The molecule has 21 heavy (non-hydrogen) atoms. The van der Waals surface area contributed by atoms with Crippen LogP contribution in [-0.4, -0.2) is 24.1 Å². The molecule has 4 N–H and O–H groups in total. The van der Waals surface area contributed by atoms with E-state index in [2.05, 4.69) is 5.32 Å². The zero-order valence-electron chi connectivity index (χ0n) is 11.9. The van der Waals surface area contributed by atoms with Crippen molar-refractivity contribution in [3.63, 3.8) is 0 Å². The van der Waals surface area contributed by atoms with Crippen LogP contribution in [0, 0.1) is 0 Å². The van der Waals surface area contributed by atoms with E-state index in [-0.39, 0.29) is 11.7 Å². The van der Waals surface area contributed by atoms with Gasteiger partial charge in [0.2, 0.25) is 0 Å². The van der Waals surface area contributed by atoms with E-state index in [0.717, 1.165) is 24.0 Å². The number of amides is 1. The molecule has 2 rings (SSSR count). The van der Waals surface area contributed by atoms with E-state index in [9.17, 15) is 9.90 Å². The Labute approximate surface area is 124 Å². The number of aromatic hydroxyl groups is 1. The van der Waals surface area contributed by atoms with Crippen molar-refractivity contribution in [2.45, 2.75) is 12.8 Å². The van der Waals surface area contributed by atoms with Gasteiger partial charge in [-0.3, -0.25) is 4.79 Å². The lowest BCUT2D eigenvalue weighted by Gasteiger charge is -2.06.